The number of anilines is 1. The Kier molecular flexibility index (Phi) is 6.82. The van der Waals surface area contributed by atoms with Crippen molar-refractivity contribution in [2.75, 3.05) is 32.0 Å². The van der Waals surface area contributed by atoms with Gasteiger partial charge in [0.25, 0.3) is 0 Å². The number of para-hydroxylation sites is 1. The molecule has 1 saturated heterocycles. The van der Waals surface area contributed by atoms with Gasteiger partial charge in [-0.3, -0.25) is 9.59 Å². The number of amides is 3. The summed E-state index contributed by atoms with van der Waals surface area (Å²) in [5.74, 6) is -0.890. The van der Waals surface area contributed by atoms with Crippen LogP contribution >= 0.6 is 0 Å². The molecule has 0 aromatic heterocycles. The molecular formula is C20H29N3O4. The van der Waals surface area contributed by atoms with Gasteiger partial charge in [-0.25, -0.2) is 4.79 Å². The number of hydrogen-bond donors (Lipinski definition) is 1. The Balaban J connectivity index is 1.89. The third-order valence-corrected chi connectivity index (χ3v) is 4.25. The molecular weight excluding hydrogens is 346 g/mol. The van der Waals surface area contributed by atoms with Crippen molar-refractivity contribution in [2.24, 2.45) is 5.92 Å². The molecule has 0 bridgehead atoms. The highest BCUT2D eigenvalue weighted by Crippen LogP contribution is 2.20. The predicted molar refractivity (Wildman–Crippen MR) is 103 cm³/mol. The monoisotopic (exact) mass is 375 g/mol. The summed E-state index contributed by atoms with van der Waals surface area (Å²) in [6.07, 6.45) is 1.45. The molecule has 1 aliphatic rings. The van der Waals surface area contributed by atoms with E-state index in [9.17, 15) is 14.4 Å². The van der Waals surface area contributed by atoms with E-state index in [0.717, 1.165) is 12.1 Å². The van der Waals surface area contributed by atoms with Crippen LogP contribution < -0.4 is 5.32 Å². The summed E-state index contributed by atoms with van der Waals surface area (Å²) in [5, 5.41) is 2.85. The van der Waals surface area contributed by atoms with Gasteiger partial charge >= 0.3 is 12.0 Å². The van der Waals surface area contributed by atoms with Gasteiger partial charge in [0, 0.05) is 25.8 Å². The molecule has 1 N–H and O–H groups in total. The number of likely N-dealkylation sites (N-methyl/N-ethyl adjacent to an activating group) is 1. The molecule has 0 saturated carbocycles. The number of benzene rings is 1. The number of nitrogens with one attached hydrogen (secondary N) is 1. The maximum Gasteiger partial charge on any atom is 0.326 e. The molecule has 1 fully saturated rings. The maximum atomic E-state index is 12.7. The SMILES string of the molecule is CN(CC(=O)OC(C)(C)C)C(=O)C1CCCN(C(=O)Nc2ccccc2)C1. The molecule has 0 spiro atoms. The number of esters is 1. The number of likely N-dealkylation sites (tertiary alicyclic amines) is 1. The fraction of sp³-hybridized carbons (Fsp3) is 0.550. The zero-order valence-electron chi connectivity index (χ0n) is 16.5. The minimum atomic E-state index is -0.585. The topological polar surface area (TPSA) is 79.0 Å². The molecule has 27 heavy (non-hydrogen) atoms. The zero-order valence-corrected chi connectivity index (χ0v) is 16.5. The molecule has 1 unspecified atom stereocenters. The van der Waals surface area contributed by atoms with E-state index in [1.54, 1.807) is 32.7 Å². The summed E-state index contributed by atoms with van der Waals surface area (Å²) in [7, 11) is 1.59. The summed E-state index contributed by atoms with van der Waals surface area (Å²) in [6, 6.07) is 9.01. The molecule has 0 aliphatic carbocycles. The Bertz CT molecular complexity index is 670. The van der Waals surface area contributed by atoms with Crippen LogP contribution in [-0.2, 0) is 14.3 Å². The highest BCUT2D eigenvalue weighted by molar-refractivity contribution is 5.90. The second kappa shape index (κ2) is 8.88. The highest BCUT2D eigenvalue weighted by Gasteiger charge is 2.31. The second-order valence-corrected chi connectivity index (χ2v) is 7.86. The molecule has 1 heterocycles. The van der Waals surface area contributed by atoms with Crippen LogP contribution in [0.3, 0.4) is 0 Å². The first-order chi connectivity index (χ1) is 12.7. The first kappa shape index (κ1) is 20.7. The fourth-order valence-electron chi connectivity index (χ4n) is 3.04. The molecule has 1 aromatic rings. The third-order valence-electron chi connectivity index (χ3n) is 4.25. The number of nitrogens with zero attached hydrogens (tertiary/aromatic N) is 2. The Morgan fingerprint density at radius 2 is 1.89 bits per heavy atom. The van der Waals surface area contributed by atoms with E-state index in [0.29, 0.717) is 19.5 Å². The molecule has 7 nitrogen and oxygen atoms in total. The number of carbonyl (C=O) groups excluding carboxylic acids is 3. The van der Waals surface area contributed by atoms with Crippen LogP contribution in [0.15, 0.2) is 30.3 Å². The van der Waals surface area contributed by atoms with Gasteiger partial charge < -0.3 is 19.9 Å². The van der Waals surface area contributed by atoms with Gasteiger partial charge in [0.15, 0.2) is 0 Å². The van der Waals surface area contributed by atoms with Crippen molar-refractivity contribution in [3.05, 3.63) is 30.3 Å². The molecule has 1 aliphatic heterocycles. The predicted octanol–water partition coefficient (Wildman–Crippen LogP) is 2.73. The summed E-state index contributed by atoms with van der Waals surface area (Å²) >= 11 is 0. The quantitative estimate of drug-likeness (QED) is 0.821. The largest absolute Gasteiger partial charge is 0.459 e. The van der Waals surface area contributed by atoms with Crippen molar-refractivity contribution in [1.82, 2.24) is 9.80 Å². The summed E-state index contributed by atoms with van der Waals surface area (Å²) < 4.78 is 5.26. The Hall–Kier alpha value is -2.57. The van der Waals surface area contributed by atoms with Crippen LogP contribution in [0, 0.1) is 5.92 Å². The van der Waals surface area contributed by atoms with E-state index in [2.05, 4.69) is 5.32 Å². The normalized spacial score (nSPS) is 17.2. The Morgan fingerprint density at radius 1 is 1.22 bits per heavy atom. The van der Waals surface area contributed by atoms with Crippen molar-refractivity contribution in [2.45, 2.75) is 39.2 Å². The molecule has 1 aromatic carbocycles. The average Bonchev–Trinajstić information content (AvgIpc) is 2.60. The van der Waals surface area contributed by atoms with Crippen LogP contribution in [0.2, 0.25) is 0 Å². The molecule has 148 valence electrons. The molecule has 1 atom stereocenters. The summed E-state index contributed by atoms with van der Waals surface area (Å²) in [5.41, 5.74) is 0.135. The standard InChI is InChI=1S/C20H29N3O4/c1-20(2,3)27-17(24)14-22(4)18(25)15-9-8-12-23(13-15)19(26)21-16-10-6-5-7-11-16/h5-7,10-11,15H,8-9,12-14H2,1-4H3,(H,21,26). The highest BCUT2D eigenvalue weighted by atomic mass is 16.6. The zero-order chi connectivity index (χ0) is 20.0. The maximum absolute atomic E-state index is 12.7. The van der Waals surface area contributed by atoms with Gasteiger partial charge in [-0.05, 0) is 45.7 Å². The lowest BCUT2D eigenvalue weighted by molar-refractivity contribution is -0.159. The van der Waals surface area contributed by atoms with Gasteiger partial charge in [-0.15, -0.1) is 0 Å². The number of hydrogen-bond acceptors (Lipinski definition) is 4. The molecule has 0 radical (unpaired) electrons. The lowest BCUT2D eigenvalue weighted by atomic mass is 9.97. The van der Waals surface area contributed by atoms with Gasteiger partial charge in [-0.1, -0.05) is 18.2 Å². The minimum Gasteiger partial charge on any atom is -0.459 e. The number of urea groups is 1. The van der Waals surface area contributed by atoms with Crippen molar-refractivity contribution >= 4 is 23.6 Å². The van der Waals surface area contributed by atoms with Crippen molar-refractivity contribution in [3.63, 3.8) is 0 Å². The van der Waals surface area contributed by atoms with Gasteiger partial charge in [0.1, 0.15) is 12.1 Å². The number of rotatable bonds is 4. The van der Waals surface area contributed by atoms with Crippen molar-refractivity contribution in [1.29, 1.82) is 0 Å². The average molecular weight is 375 g/mol. The fourth-order valence-corrected chi connectivity index (χ4v) is 3.04. The summed E-state index contributed by atoms with van der Waals surface area (Å²) in [4.78, 5) is 40.1. The number of ether oxygens (including phenoxy) is 1. The minimum absolute atomic E-state index is 0.0944. The third kappa shape index (κ3) is 6.58. The van der Waals surface area contributed by atoms with E-state index in [1.807, 2.05) is 30.3 Å². The van der Waals surface area contributed by atoms with Crippen LogP contribution in [0.4, 0.5) is 10.5 Å². The van der Waals surface area contributed by atoms with Gasteiger partial charge in [0.2, 0.25) is 5.91 Å². The van der Waals surface area contributed by atoms with Crippen molar-refractivity contribution in [3.8, 4) is 0 Å². The number of piperidine rings is 1. The second-order valence-electron chi connectivity index (χ2n) is 7.86. The first-order valence-corrected chi connectivity index (χ1v) is 9.23. The van der Waals surface area contributed by atoms with Crippen LogP contribution in [0.5, 0.6) is 0 Å². The van der Waals surface area contributed by atoms with E-state index in [4.69, 9.17) is 4.74 Å². The van der Waals surface area contributed by atoms with Crippen molar-refractivity contribution < 1.29 is 19.1 Å². The van der Waals surface area contributed by atoms with E-state index >= 15 is 0 Å². The Morgan fingerprint density at radius 3 is 2.52 bits per heavy atom. The Labute approximate surface area is 160 Å². The summed E-state index contributed by atoms with van der Waals surface area (Å²) in [6.45, 7) is 6.22. The van der Waals surface area contributed by atoms with Crippen LogP contribution in [-0.4, -0.2) is 60.0 Å². The molecule has 7 heteroatoms. The van der Waals surface area contributed by atoms with E-state index in [-0.39, 0.29) is 24.4 Å². The van der Waals surface area contributed by atoms with Crippen LogP contribution in [0.25, 0.3) is 0 Å². The smallest absolute Gasteiger partial charge is 0.326 e. The van der Waals surface area contributed by atoms with Gasteiger partial charge in [-0.2, -0.15) is 0 Å². The van der Waals surface area contributed by atoms with Crippen LogP contribution in [0.1, 0.15) is 33.6 Å². The van der Waals surface area contributed by atoms with E-state index in [1.165, 1.54) is 4.90 Å². The first-order valence-electron chi connectivity index (χ1n) is 9.23. The van der Waals surface area contributed by atoms with E-state index < -0.39 is 11.6 Å². The molecule has 2 rings (SSSR count). The molecule has 3 amide bonds. The lowest BCUT2D eigenvalue weighted by Gasteiger charge is -2.34. The lowest BCUT2D eigenvalue weighted by Crippen LogP contribution is -2.48. The number of carbonyl (C=O) groups is 3. The van der Waals surface area contributed by atoms with Gasteiger partial charge in [0.05, 0.1) is 5.92 Å².